The Morgan fingerprint density at radius 3 is 2.38 bits per heavy atom. The third-order valence-electron chi connectivity index (χ3n) is 0.473. The fraction of sp³-hybridized carbons (Fsp3) is 0. The predicted molar refractivity (Wildman–Crippen MR) is 25.3 cm³/mol. The minimum Gasteiger partial charge on any atom is -0.846 e. The van der Waals surface area contributed by atoms with Crippen LogP contribution >= 0.6 is 12.4 Å². The average Bonchev–Trinajstić information content (AvgIpc) is 1.86. The van der Waals surface area contributed by atoms with E-state index in [4.69, 9.17) is 0 Å². The number of aromatic nitrogens is 2. The summed E-state index contributed by atoms with van der Waals surface area (Å²) in [7, 11) is 0. The van der Waals surface area contributed by atoms with Gasteiger partial charge in [-0.25, -0.2) is 0 Å². The third kappa shape index (κ3) is 3.32. The van der Waals surface area contributed by atoms with E-state index in [1.54, 1.807) is 0 Å². The van der Waals surface area contributed by atoms with E-state index in [0.717, 1.165) is 0 Å². The molecule has 0 aliphatic heterocycles. The van der Waals surface area contributed by atoms with E-state index in [2.05, 4.69) is 9.97 Å². The number of imidazole rings is 1. The molecule has 1 aromatic rings. The molecule has 3 nitrogen and oxygen atoms in total. The van der Waals surface area contributed by atoms with E-state index < -0.39 is 0 Å². The second kappa shape index (κ2) is 5.44. The Bertz CT molecular complexity index is 121. The minimum atomic E-state index is -0.282. The van der Waals surface area contributed by atoms with Crippen LogP contribution in [0.15, 0.2) is 12.4 Å². The van der Waals surface area contributed by atoms with Crippen LogP contribution < -0.4 is 34.7 Å². The van der Waals surface area contributed by atoms with E-state index in [9.17, 15) is 5.11 Å². The summed E-state index contributed by atoms with van der Waals surface area (Å²) in [6.07, 6.45) is 2.91. The van der Waals surface area contributed by atoms with Crippen molar-refractivity contribution >= 4 is 12.4 Å². The fourth-order valence-electron chi connectivity index (χ4n) is 0.251. The molecule has 0 atom stereocenters. The van der Waals surface area contributed by atoms with Crippen LogP contribution in [0.3, 0.4) is 0 Å². The van der Waals surface area contributed by atoms with Crippen LogP contribution in [0.2, 0.25) is 0 Å². The van der Waals surface area contributed by atoms with Gasteiger partial charge >= 0.3 is 29.6 Å². The van der Waals surface area contributed by atoms with Gasteiger partial charge < -0.3 is 10.1 Å². The first-order valence-corrected chi connectivity index (χ1v) is 1.56. The van der Waals surface area contributed by atoms with Crippen molar-refractivity contribution in [2.24, 2.45) is 0 Å². The summed E-state index contributed by atoms with van der Waals surface area (Å²) in [5.41, 5.74) is 0. The summed E-state index contributed by atoms with van der Waals surface area (Å²) < 4.78 is 0. The molecule has 0 aliphatic rings. The van der Waals surface area contributed by atoms with E-state index >= 15 is 0 Å². The number of halogens is 1. The van der Waals surface area contributed by atoms with Gasteiger partial charge in [0.25, 0.3) is 0 Å². The molecule has 0 unspecified atom stereocenters. The Morgan fingerprint density at radius 1 is 1.62 bits per heavy atom. The second-order valence-electron chi connectivity index (χ2n) is 0.894. The molecular weight excluding hydrogens is 138 g/mol. The van der Waals surface area contributed by atoms with E-state index in [0.29, 0.717) is 0 Å². The van der Waals surface area contributed by atoms with Gasteiger partial charge in [-0.3, -0.25) is 4.98 Å². The Balaban J connectivity index is 0. The summed E-state index contributed by atoms with van der Waals surface area (Å²) >= 11 is 0. The predicted octanol–water partition coefficient (Wildman–Crippen LogP) is -3.09. The van der Waals surface area contributed by atoms with Crippen molar-refractivity contribution in [2.75, 3.05) is 0 Å². The molecule has 40 valence electrons. The van der Waals surface area contributed by atoms with E-state index in [-0.39, 0.29) is 48.0 Å². The van der Waals surface area contributed by atoms with Gasteiger partial charge in [0, 0.05) is 12.4 Å². The molecule has 1 heterocycles. The molecule has 0 amide bonds. The summed E-state index contributed by atoms with van der Waals surface area (Å²) in [6.45, 7) is 0. The van der Waals surface area contributed by atoms with Crippen LogP contribution in [0, 0.1) is 0 Å². The summed E-state index contributed by atoms with van der Waals surface area (Å²) in [6, 6.07) is -0.282. The van der Waals surface area contributed by atoms with Gasteiger partial charge in [0.1, 0.15) is 0 Å². The van der Waals surface area contributed by atoms with Crippen LogP contribution in [0.5, 0.6) is 6.01 Å². The van der Waals surface area contributed by atoms with Gasteiger partial charge in [0.2, 0.25) is 0 Å². The zero-order chi connectivity index (χ0) is 4.41. The van der Waals surface area contributed by atoms with Gasteiger partial charge in [0.05, 0.1) is 6.01 Å². The average molecular weight is 143 g/mol. The first kappa shape index (κ1) is 11.1. The van der Waals surface area contributed by atoms with Crippen LogP contribution in [0.4, 0.5) is 0 Å². The zero-order valence-corrected chi connectivity index (χ0v) is 7.23. The number of rotatable bonds is 0. The maximum Gasteiger partial charge on any atom is 1.00 e. The summed E-state index contributed by atoms with van der Waals surface area (Å²) in [5.74, 6) is 0. The third-order valence-corrected chi connectivity index (χ3v) is 0.473. The molecule has 5 heteroatoms. The molecule has 1 rings (SSSR count). The van der Waals surface area contributed by atoms with Gasteiger partial charge in [-0.1, -0.05) is 0 Å². The summed E-state index contributed by atoms with van der Waals surface area (Å²) in [4.78, 5) is 5.64. The van der Waals surface area contributed by atoms with Crippen molar-refractivity contribution in [3.8, 4) is 6.01 Å². The Kier molecular flexibility index (Phi) is 7.57. The molecular formula is C3H4ClN2NaO. The molecule has 0 aromatic carbocycles. The van der Waals surface area contributed by atoms with Crippen LogP contribution in [0.25, 0.3) is 0 Å². The Morgan fingerprint density at radius 2 is 2.25 bits per heavy atom. The first-order chi connectivity index (χ1) is 2.89. The number of hydrogen-bond acceptors (Lipinski definition) is 2. The van der Waals surface area contributed by atoms with Crippen LogP contribution in [-0.2, 0) is 0 Å². The van der Waals surface area contributed by atoms with E-state index in [1.807, 2.05) is 0 Å². The van der Waals surface area contributed by atoms with Crippen LogP contribution in [0.1, 0.15) is 0 Å². The molecule has 0 saturated heterocycles. The first-order valence-electron chi connectivity index (χ1n) is 1.56. The number of nitrogens with one attached hydrogen (secondary N) is 1. The van der Waals surface area contributed by atoms with Gasteiger partial charge in [-0.05, 0) is 0 Å². The normalized spacial score (nSPS) is 6.50. The molecule has 0 fully saturated rings. The SMILES string of the molecule is Cl.[Na+].[O-]c1ncc[nH]1. The Labute approximate surface area is 75.2 Å². The van der Waals surface area contributed by atoms with Gasteiger partial charge in [0.15, 0.2) is 0 Å². The number of aromatic amines is 1. The molecule has 1 aromatic heterocycles. The number of nitrogens with zero attached hydrogens (tertiary/aromatic N) is 1. The Hall–Kier alpha value is 0.300. The van der Waals surface area contributed by atoms with Crippen molar-refractivity contribution in [3.05, 3.63) is 12.4 Å². The molecule has 0 bridgehead atoms. The largest absolute Gasteiger partial charge is 1.00 e. The quantitative estimate of drug-likeness (QED) is 0.391. The molecule has 1 N–H and O–H groups in total. The molecule has 0 spiro atoms. The van der Waals surface area contributed by atoms with Crippen LogP contribution in [-0.4, -0.2) is 9.97 Å². The monoisotopic (exact) mass is 142 g/mol. The molecule has 0 saturated carbocycles. The van der Waals surface area contributed by atoms with Crippen molar-refractivity contribution in [1.29, 1.82) is 0 Å². The van der Waals surface area contributed by atoms with E-state index in [1.165, 1.54) is 12.4 Å². The van der Waals surface area contributed by atoms with Crippen molar-refractivity contribution in [3.63, 3.8) is 0 Å². The zero-order valence-electron chi connectivity index (χ0n) is 4.42. The topological polar surface area (TPSA) is 51.7 Å². The smallest absolute Gasteiger partial charge is 0.846 e. The van der Waals surface area contributed by atoms with Crippen molar-refractivity contribution in [2.45, 2.75) is 0 Å². The second-order valence-corrected chi connectivity index (χ2v) is 0.894. The van der Waals surface area contributed by atoms with Gasteiger partial charge in [-0.15, -0.1) is 12.4 Å². The number of hydrogen-bond donors (Lipinski definition) is 1. The maximum absolute atomic E-state index is 9.90. The molecule has 0 aliphatic carbocycles. The minimum absolute atomic E-state index is 0. The maximum atomic E-state index is 9.90. The van der Waals surface area contributed by atoms with Gasteiger partial charge in [-0.2, -0.15) is 0 Å². The molecule has 0 radical (unpaired) electrons. The van der Waals surface area contributed by atoms with Crippen molar-refractivity contribution < 1.29 is 34.7 Å². The standard InChI is InChI=1S/C3H4N2O.ClH.Na/c6-3-4-1-2-5-3;;/h1-2H,(H2,4,5,6);1H;/q;;+1/p-1. The number of H-pyrrole nitrogens is 1. The fourth-order valence-corrected chi connectivity index (χ4v) is 0.251. The molecule has 8 heavy (non-hydrogen) atoms. The summed E-state index contributed by atoms with van der Waals surface area (Å²) in [5, 5.41) is 9.90. The van der Waals surface area contributed by atoms with Crippen molar-refractivity contribution in [1.82, 2.24) is 9.97 Å².